The van der Waals surface area contributed by atoms with Gasteiger partial charge in [0.05, 0.1) is 5.69 Å². The fourth-order valence-electron chi connectivity index (χ4n) is 1.05. The molecule has 1 rings (SSSR count). The van der Waals surface area contributed by atoms with Crippen LogP contribution in [0.25, 0.3) is 0 Å². The van der Waals surface area contributed by atoms with Crippen LogP contribution in [0.1, 0.15) is 0 Å². The third-order valence-electron chi connectivity index (χ3n) is 1.80. The Kier molecular flexibility index (Phi) is 4.35. The molecular formula is C10H14BrFN2. The van der Waals surface area contributed by atoms with E-state index in [0.717, 1.165) is 17.6 Å². The maximum absolute atomic E-state index is 13.2. The van der Waals surface area contributed by atoms with Crippen molar-refractivity contribution >= 4 is 21.6 Å². The molecule has 0 aliphatic rings. The fraction of sp³-hybridized carbons (Fsp3) is 0.400. The Balaban J connectivity index is 2.53. The molecule has 0 spiro atoms. The van der Waals surface area contributed by atoms with E-state index >= 15 is 0 Å². The number of likely N-dealkylation sites (N-methyl/N-ethyl adjacent to an activating group) is 1. The molecule has 14 heavy (non-hydrogen) atoms. The van der Waals surface area contributed by atoms with Gasteiger partial charge in [0.2, 0.25) is 0 Å². The number of anilines is 1. The minimum atomic E-state index is -0.216. The van der Waals surface area contributed by atoms with Gasteiger partial charge in [-0.1, -0.05) is 15.9 Å². The highest BCUT2D eigenvalue weighted by atomic mass is 79.9. The van der Waals surface area contributed by atoms with Crippen LogP contribution in [0.4, 0.5) is 10.1 Å². The molecule has 0 aliphatic heterocycles. The van der Waals surface area contributed by atoms with E-state index in [-0.39, 0.29) is 5.82 Å². The molecule has 0 aliphatic carbocycles. The Morgan fingerprint density at radius 2 is 2.14 bits per heavy atom. The summed E-state index contributed by atoms with van der Waals surface area (Å²) in [5, 5.41) is 3.04. The standard InChI is InChI=1S/C10H14BrFN2/c1-14(2)6-5-13-10-7-8(11)3-4-9(10)12/h3-4,7,13H,5-6H2,1-2H3. The van der Waals surface area contributed by atoms with Gasteiger partial charge in [-0.2, -0.15) is 0 Å². The summed E-state index contributed by atoms with van der Waals surface area (Å²) in [6.07, 6.45) is 0. The molecule has 4 heteroatoms. The third kappa shape index (κ3) is 3.64. The van der Waals surface area contributed by atoms with Crippen LogP contribution in [0.5, 0.6) is 0 Å². The summed E-state index contributed by atoms with van der Waals surface area (Å²) < 4.78 is 14.1. The summed E-state index contributed by atoms with van der Waals surface area (Å²) in [6.45, 7) is 1.62. The monoisotopic (exact) mass is 260 g/mol. The topological polar surface area (TPSA) is 15.3 Å². The first kappa shape index (κ1) is 11.5. The quantitative estimate of drug-likeness (QED) is 0.896. The van der Waals surface area contributed by atoms with Crippen molar-refractivity contribution in [3.05, 3.63) is 28.5 Å². The number of nitrogens with one attached hydrogen (secondary N) is 1. The van der Waals surface area contributed by atoms with E-state index in [1.54, 1.807) is 12.1 Å². The molecule has 0 fully saturated rings. The molecule has 0 unspecified atom stereocenters. The number of halogens is 2. The lowest BCUT2D eigenvalue weighted by Crippen LogP contribution is -2.21. The van der Waals surface area contributed by atoms with Gasteiger partial charge < -0.3 is 10.2 Å². The molecule has 1 aromatic rings. The van der Waals surface area contributed by atoms with Crippen LogP contribution in [-0.2, 0) is 0 Å². The van der Waals surface area contributed by atoms with Gasteiger partial charge in [-0.3, -0.25) is 0 Å². The number of hydrogen-bond acceptors (Lipinski definition) is 2. The molecule has 78 valence electrons. The zero-order valence-electron chi connectivity index (χ0n) is 8.35. The maximum Gasteiger partial charge on any atom is 0.146 e. The molecule has 0 radical (unpaired) electrons. The van der Waals surface area contributed by atoms with Gasteiger partial charge in [-0.05, 0) is 32.3 Å². The average molecular weight is 261 g/mol. The van der Waals surface area contributed by atoms with Gasteiger partial charge >= 0.3 is 0 Å². The second-order valence-electron chi connectivity index (χ2n) is 3.35. The fourth-order valence-corrected chi connectivity index (χ4v) is 1.41. The summed E-state index contributed by atoms with van der Waals surface area (Å²) >= 11 is 3.30. The zero-order chi connectivity index (χ0) is 10.6. The first-order chi connectivity index (χ1) is 6.59. The summed E-state index contributed by atoms with van der Waals surface area (Å²) in [5.74, 6) is -0.216. The molecular weight excluding hydrogens is 247 g/mol. The zero-order valence-corrected chi connectivity index (χ0v) is 9.94. The average Bonchev–Trinajstić information content (AvgIpc) is 2.10. The van der Waals surface area contributed by atoms with Crippen molar-refractivity contribution < 1.29 is 4.39 Å². The van der Waals surface area contributed by atoms with E-state index in [1.807, 2.05) is 19.0 Å². The summed E-state index contributed by atoms with van der Waals surface area (Å²) in [4.78, 5) is 2.04. The largest absolute Gasteiger partial charge is 0.381 e. The molecule has 1 aromatic carbocycles. The van der Waals surface area contributed by atoms with Gasteiger partial charge in [0.15, 0.2) is 0 Å². The van der Waals surface area contributed by atoms with Crippen LogP contribution in [-0.4, -0.2) is 32.1 Å². The first-order valence-electron chi connectivity index (χ1n) is 4.43. The van der Waals surface area contributed by atoms with Crippen molar-refractivity contribution in [2.45, 2.75) is 0 Å². The maximum atomic E-state index is 13.2. The van der Waals surface area contributed by atoms with Crippen molar-refractivity contribution in [3.63, 3.8) is 0 Å². The van der Waals surface area contributed by atoms with E-state index in [1.165, 1.54) is 6.07 Å². The molecule has 0 bridgehead atoms. The van der Waals surface area contributed by atoms with E-state index in [4.69, 9.17) is 0 Å². The predicted octanol–water partition coefficient (Wildman–Crippen LogP) is 2.56. The van der Waals surface area contributed by atoms with Gasteiger partial charge in [0.1, 0.15) is 5.82 Å². The summed E-state index contributed by atoms with van der Waals surface area (Å²) in [6, 6.07) is 4.87. The first-order valence-corrected chi connectivity index (χ1v) is 5.22. The van der Waals surface area contributed by atoms with Crippen LogP contribution in [0.15, 0.2) is 22.7 Å². The Bertz CT molecular complexity index is 302. The second kappa shape index (κ2) is 5.32. The summed E-state index contributed by atoms with van der Waals surface area (Å²) in [7, 11) is 3.97. The molecule has 0 saturated heterocycles. The van der Waals surface area contributed by atoms with Crippen molar-refractivity contribution in [1.29, 1.82) is 0 Å². The van der Waals surface area contributed by atoms with Gasteiger partial charge in [0.25, 0.3) is 0 Å². The second-order valence-corrected chi connectivity index (χ2v) is 4.27. The minimum absolute atomic E-state index is 0.216. The molecule has 0 aromatic heterocycles. The van der Waals surface area contributed by atoms with Gasteiger partial charge in [0, 0.05) is 17.6 Å². The number of rotatable bonds is 4. The van der Waals surface area contributed by atoms with Gasteiger partial charge in [-0.25, -0.2) is 4.39 Å². The highest BCUT2D eigenvalue weighted by Crippen LogP contribution is 2.19. The normalized spacial score (nSPS) is 10.6. The lowest BCUT2D eigenvalue weighted by molar-refractivity contribution is 0.425. The Morgan fingerprint density at radius 3 is 2.79 bits per heavy atom. The van der Waals surface area contributed by atoms with Crippen molar-refractivity contribution in [1.82, 2.24) is 4.90 Å². The Morgan fingerprint density at radius 1 is 1.43 bits per heavy atom. The number of nitrogens with zero attached hydrogens (tertiary/aromatic N) is 1. The van der Waals surface area contributed by atoms with E-state index in [0.29, 0.717) is 5.69 Å². The third-order valence-corrected chi connectivity index (χ3v) is 2.30. The molecule has 0 saturated carbocycles. The molecule has 2 nitrogen and oxygen atoms in total. The lowest BCUT2D eigenvalue weighted by Gasteiger charge is -2.11. The van der Waals surface area contributed by atoms with Crippen molar-refractivity contribution in [2.24, 2.45) is 0 Å². The minimum Gasteiger partial charge on any atom is -0.381 e. The van der Waals surface area contributed by atoms with Crippen LogP contribution in [0, 0.1) is 5.82 Å². The molecule has 0 heterocycles. The van der Waals surface area contributed by atoms with E-state index in [9.17, 15) is 4.39 Å². The molecule has 0 amide bonds. The van der Waals surface area contributed by atoms with Crippen molar-refractivity contribution in [2.75, 3.05) is 32.5 Å². The smallest absolute Gasteiger partial charge is 0.146 e. The highest BCUT2D eigenvalue weighted by Gasteiger charge is 2.01. The SMILES string of the molecule is CN(C)CCNc1cc(Br)ccc1F. The predicted molar refractivity (Wildman–Crippen MR) is 61.1 cm³/mol. The van der Waals surface area contributed by atoms with Crippen LogP contribution in [0.2, 0.25) is 0 Å². The highest BCUT2D eigenvalue weighted by molar-refractivity contribution is 9.10. The van der Waals surface area contributed by atoms with Crippen LogP contribution >= 0.6 is 15.9 Å². The van der Waals surface area contributed by atoms with Crippen LogP contribution in [0.3, 0.4) is 0 Å². The van der Waals surface area contributed by atoms with E-state index in [2.05, 4.69) is 21.2 Å². The Labute approximate surface area is 92.2 Å². The van der Waals surface area contributed by atoms with Crippen molar-refractivity contribution in [3.8, 4) is 0 Å². The molecule has 1 N–H and O–H groups in total. The van der Waals surface area contributed by atoms with Crippen LogP contribution < -0.4 is 5.32 Å². The number of benzene rings is 1. The Hall–Kier alpha value is -0.610. The lowest BCUT2D eigenvalue weighted by atomic mass is 10.3. The van der Waals surface area contributed by atoms with Gasteiger partial charge in [-0.15, -0.1) is 0 Å². The van der Waals surface area contributed by atoms with E-state index < -0.39 is 0 Å². The molecule has 0 atom stereocenters. The summed E-state index contributed by atoms with van der Waals surface area (Å²) in [5.41, 5.74) is 0.543. The number of hydrogen-bond donors (Lipinski definition) is 1.